The quantitative estimate of drug-likeness (QED) is 0.354. The molecule has 3 heterocycles. The summed E-state index contributed by atoms with van der Waals surface area (Å²) in [5, 5.41) is 11.3. The molecular formula is C27H24N2O5. The summed E-state index contributed by atoms with van der Waals surface area (Å²) in [5.74, 6) is -0.134. The van der Waals surface area contributed by atoms with Crippen molar-refractivity contribution in [2.24, 2.45) is 0 Å². The number of fused-ring (bicyclic) bond motifs is 1. The third-order valence-electron chi connectivity index (χ3n) is 6.24. The highest BCUT2D eigenvalue weighted by atomic mass is 16.5. The number of carbonyl (C=O) groups is 2. The fourth-order valence-electron chi connectivity index (χ4n) is 4.59. The lowest BCUT2D eigenvalue weighted by atomic mass is 9.94. The normalized spacial score (nSPS) is 20.8. The van der Waals surface area contributed by atoms with E-state index in [0.29, 0.717) is 16.9 Å². The maximum absolute atomic E-state index is 13.2. The first-order valence-electron chi connectivity index (χ1n) is 11.1. The zero-order chi connectivity index (χ0) is 23.8. The molecule has 5 rings (SSSR count). The number of carbonyl (C=O) groups excluding carboxylic acids is 2. The number of pyridine rings is 1. The van der Waals surface area contributed by atoms with Crippen molar-refractivity contribution < 1.29 is 24.2 Å². The van der Waals surface area contributed by atoms with E-state index in [9.17, 15) is 14.7 Å². The summed E-state index contributed by atoms with van der Waals surface area (Å²) in [4.78, 5) is 31.9. The van der Waals surface area contributed by atoms with Crippen LogP contribution in [0.2, 0.25) is 0 Å². The molecule has 2 atom stereocenters. The number of benzene rings is 2. The van der Waals surface area contributed by atoms with Gasteiger partial charge in [0.25, 0.3) is 11.7 Å². The van der Waals surface area contributed by atoms with E-state index in [1.165, 1.54) is 4.90 Å². The first kappa shape index (κ1) is 21.7. The van der Waals surface area contributed by atoms with Crippen molar-refractivity contribution in [3.8, 4) is 11.5 Å². The van der Waals surface area contributed by atoms with Crippen LogP contribution in [0.1, 0.15) is 35.2 Å². The number of methoxy groups -OCH3 is 1. The molecule has 0 radical (unpaired) electrons. The molecule has 0 aliphatic carbocycles. The predicted octanol–water partition coefficient (Wildman–Crippen LogP) is 4.04. The van der Waals surface area contributed by atoms with Crippen LogP contribution in [0.3, 0.4) is 0 Å². The van der Waals surface area contributed by atoms with Crippen LogP contribution in [0.4, 0.5) is 0 Å². The second-order valence-electron chi connectivity index (χ2n) is 8.51. The lowest BCUT2D eigenvalue weighted by Crippen LogP contribution is -2.29. The molecule has 1 saturated heterocycles. The molecule has 2 aliphatic heterocycles. The van der Waals surface area contributed by atoms with Crippen LogP contribution < -0.4 is 9.47 Å². The number of nitrogens with zero attached hydrogens (tertiary/aromatic N) is 2. The van der Waals surface area contributed by atoms with Gasteiger partial charge in [-0.05, 0) is 66.1 Å². The topological polar surface area (TPSA) is 89.0 Å². The van der Waals surface area contributed by atoms with Crippen LogP contribution in [0, 0.1) is 0 Å². The summed E-state index contributed by atoms with van der Waals surface area (Å²) in [5.41, 5.74) is 3.05. The van der Waals surface area contributed by atoms with E-state index in [1.54, 1.807) is 68.0 Å². The van der Waals surface area contributed by atoms with E-state index in [1.807, 2.05) is 13.0 Å². The molecule has 1 N–H and O–H groups in total. The Morgan fingerprint density at radius 1 is 1.12 bits per heavy atom. The minimum absolute atomic E-state index is 0.0534. The highest BCUT2D eigenvalue weighted by Gasteiger charge is 2.46. The van der Waals surface area contributed by atoms with E-state index in [0.717, 1.165) is 23.3 Å². The van der Waals surface area contributed by atoms with Gasteiger partial charge in [-0.1, -0.05) is 12.1 Å². The maximum Gasteiger partial charge on any atom is 0.295 e. The lowest BCUT2D eigenvalue weighted by molar-refractivity contribution is -0.140. The van der Waals surface area contributed by atoms with Gasteiger partial charge in [0.05, 0.1) is 18.7 Å². The number of aromatic nitrogens is 1. The van der Waals surface area contributed by atoms with E-state index in [-0.39, 0.29) is 24.0 Å². The smallest absolute Gasteiger partial charge is 0.295 e. The molecule has 0 spiro atoms. The van der Waals surface area contributed by atoms with Crippen LogP contribution >= 0.6 is 0 Å². The highest BCUT2D eigenvalue weighted by Crippen LogP contribution is 2.41. The number of rotatable bonds is 5. The average Bonchev–Trinajstić information content (AvgIpc) is 3.35. The molecule has 34 heavy (non-hydrogen) atoms. The summed E-state index contributed by atoms with van der Waals surface area (Å²) in [6.45, 7) is 2.18. The number of ketones is 1. The zero-order valence-electron chi connectivity index (χ0n) is 18.9. The number of ether oxygens (including phenoxy) is 2. The molecule has 0 unspecified atom stereocenters. The molecule has 172 valence electrons. The summed E-state index contributed by atoms with van der Waals surface area (Å²) >= 11 is 0. The first-order valence-corrected chi connectivity index (χ1v) is 11.1. The molecule has 3 aromatic rings. The van der Waals surface area contributed by atoms with Crippen molar-refractivity contribution >= 4 is 17.4 Å². The lowest BCUT2D eigenvalue weighted by Gasteiger charge is -2.25. The number of hydrogen-bond donors (Lipinski definition) is 1. The second kappa shape index (κ2) is 8.67. The van der Waals surface area contributed by atoms with Crippen molar-refractivity contribution in [3.63, 3.8) is 0 Å². The van der Waals surface area contributed by atoms with Gasteiger partial charge in [-0.2, -0.15) is 0 Å². The predicted molar refractivity (Wildman–Crippen MR) is 125 cm³/mol. The average molecular weight is 456 g/mol. The van der Waals surface area contributed by atoms with Gasteiger partial charge in [0.15, 0.2) is 0 Å². The number of amides is 1. The molecule has 1 fully saturated rings. The van der Waals surface area contributed by atoms with Crippen LogP contribution in [0.5, 0.6) is 11.5 Å². The van der Waals surface area contributed by atoms with Gasteiger partial charge in [0, 0.05) is 30.9 Å². The maximum atomic E-state index is 13.2. The summed E-state index contributed by atoms with van der Waals surface area (Å²) < 4.78 is 11.0. The van der Waals surface area contributed by atoms with Crippen LogP contribution in [-0.4, -0.2) is 39.9 Å². The molecule has 7 nitrogen and oxygen atoms in total. The third kappa shape index (κ3) is 3.79. The van der Waals surface area contributed by atoms with Gasteiger partial charge in [0.2, 0.25) is 0 Å². The Bertz CT molecular complexity index is 1280. The van der Waals surface area contributed by atoms with Crippen LogP contribution in [0.25, 0.3) is 5.76 Å². The number of hydrogen-bond acceptors (Lipinski definition) is 6. The van der Waals surface area contributed by atoms with E-state index in [2.05, 4.69) is 4.98 Å². The molecule has 1 amide bonds. The third-order valence-corrected chi connectivity index (χ3v) is 6.24. The van der Waals surface area contributed by atoms with Crippen molar-refractivity contribution in [3.05, 3.63) is 94.8 Å². The SMILES string of the molecule is COc1ccc([C@@H]2C(=C(O)c3ccc4c(c3)C[C@@H](C)O4)C(=O)C(=O)N2Cc2ccncc2)cc1. The number of Topliss-reactive ketones (excluding diaryl/α,β-unsaturated/α-hetero) is 1. The number of likely N-dealkylation sites (tertiary alicyclic amines) is 1. The summed E-state index contributed by atoms with van der Waals surface area (Å²) in [7, 11) is 1.57. The molecule has 1 aromatic heterocycles. The molecule has 7 heteroatoms. The Hall–Kier alpha value is -4.13. The Morgan fingerprint density at radius 2 is 1.85 bits per heavy atom. The first-order chi connectivity index (χ1) is 16.5. The molecular weight excluding hydrogens is 432 g/mol. The second-order valence-corrected chi connectivity index (χ2v) is 8.51. The Balaban J connectivity index is 1.62. The molecule has 2 aliphatic rings. The minimum Gasteiger partial charge on any atom is -0.507 e. The molecule has 0 saturated carbocycles. The van der Waals surface area contributed by atoms with Gasteiger partial charge >= 0.3 is 0 Å². The van der Waals surface area contributed by atoms with Crippen molar-refractivity contribution in [1.82, 2.24) is 9.88 Å². The summed E-state index contributed by atoms with van der Waals surface area (Å²) in [6, 6.07) is 15.3. The highest BCUT2D eigenvalue weighted by molar-refractivity contribution is 6.46. The molecule has 2 aromatic carbocycles. The van der Waals surface area contributed by atoms with Crippen molar-refractivity contribution in [2.45, 2.75) is 32.0 Å². The zero-order valence-corrected chi connectivity index (χ0v) is 18.9. The van der Waals surface area contributed by atoms with E-state index >= 15 is 0 Å². The van der Waals surface area contributed by atoms with Gasteiger partial charge in [-0.25, -0.2) is 0 Å². The monoisotopic (exact) mass is 456 g/mol. The largest absolute Gasteiger partial charge is 0.507 e. The van der Waals surface area contributed by atoms with E-state index < -0.39 is 17.7 Å². The molecule has 0 bridgehead atoms. The van der Waals surface area contributed by atoms with E-state index in [4.69, 9.17) is 9.47 Å². The Labute approximate surface area is 197 Å². The van der Waals surface area contributed by atoms with Crippen LogP contribution in [-0.2, 0) is 22.6 Å². The summed E-state index contributed by atoms with van der Waals surface area (Å²) in [6.07, 6.45) is 4.05. The van der Waals surface area contributed by atoms with Crippen molar-refractivity contribution in [1.29, 1.82) is 0 Å². The number of aliphatic hydroxyl groups excluding tert-OH is 1. The minimum atomic E-state index is -0.748. The van der Waals surface area contributed by atoms with Crippen molar-refractivity contribution in [2.75, 3.05) is 7.11 Å². The Kier molecular flexibility index (Phi) is 5.53. The fourth-order valence-corrected chi connectivity index (χ4v) is 4.59. The van der Waals surface area contributed by atoms with Gasteiger partial charge in [-0.3, -0.25) is 14.6 Å². The fraction of sp³-hybridized carbons (Fsp3) is 0.222. The van der Waals surface area contributed by atoms with Crippen LogP contribution in [0.15, 0.2) is 72.6 Å². The number of aliphatic hydroxyl groups is 1. The van der Waals surface area contributed by atoms with Gasteiger partial charge in [-0.15, -0.1) is 0 Å². The standard InChI is InChI=1S/C27H24N2O5/c1-16-13-20-14-19(5-8-22(20)34-16)25(30)23-24(18-3-6-21(33-2)7-4-18)29(27(32)26(23)31)15-17-9-11-28-12-10-17/h3-12,14,16,24,30H,13,15H2,1-2H3/t16-,24-/m1/s1. The Morgan fingerprint density at radius 3 is 2.56 bits per heavy atom. The van der Waals surface area contributed by atoms with Gasteiger partial charge < -0.3 is 19.5 Å². The van der Waals surface area contributed by atoms with Gasteiger partial charge in [0.1, 0.15) is 23.4 Å².